The zero-order chi connectivity index (χ0) is 25.0. The molecule has 0 bridgehead atoms. The lowest BCUT2D eigenvalue weighted by molar-refractivity contribution is -0.165. The van der Waals surface area contributed by atoms with Gasteiger partial charge in [0.1, 0.15) is 0 Å². The van der Waals surface area contributed by atoms with Gasteiger partial charge in [0.15, 0.2) is 24.4 Å². The van der Waals surface area contributed by atoms with E-state index in [0.717, 1.165) is 0 Å². The lowest BCUT2D eigenvalue weighted by atomic mass is 10.1. The van der Waals surface area contributed by atoms with Gasteiger partial charge in [-0.2, -0.15) is 0 Å². The van der Waals surface area contributed by atoms with Crippen LogP contribution in [0.3, 0.4) is 0 Å². The van der Waals surface area contributed by atoms with Crippen molar-refractivity contribution in [2.24, 2.45) is 0 Å². The van der Waals surface area contributed by atoms with Gasteiger partial charge in [-0.1, -0.05) is 6.07 Å². The summed E-state index contributed by atoms with van der Waals surface area (Å²) in [4.78, 5) is 45.6. The summed E-state index contributed by atoms with van der Waals surface area (Å²) in [6.45, 7) is 1.22. The van der Waals surface area contributed by atoms with Crippen molar-refractivity contribution in [1.29, 1.82) is 0 Å². The molecule has 1 aromatic rings. The molecule has 16 nitrogen and oxygen atoms in total. The molecule has 12 N–H and O–H groups in total. The molecule has 0 radical (unpaired) electrons. The Hall–Kier alpha value is -3.25. The number of hydrogen-bond acceptors (Lipinski definition) is 10. The fraction of sp³-hybridized carbons (Fsp3) is 0.500. The van der Waals surface area contributed by atoms with Crippen LogP contribution in [-0.2, 0) is 19.2 Å². The Morgan fingerprint density at radius 2 is 1.24 bits per heavy atom. The maximum absolute atomic E-state index is 9.77. The number of pyridine rings is 1. The van der Waals surface area contributed by atoms with E-state index in [2.05, 4.69) is 23.0 Å². The first-order chi connectivity index (χ1) is 14.8. The average Bonchev–Trinajstić information content (AvgIpc) is 3.18. The van der Waals surface area contributed by atoms with E-state index in [0.29, 0.717) is 6.04 Å². The van der Waals surface area contributed by atoms with Crippen LogP contribution in [0.1, 0.15) is 24.4 Å². The molecule has 196 valence electrons. The SMILES string of the molecule is CN1CCC[C@H]1c1cccnc1.O.O.O=C(O)C(O)C(O)C(=O)O.O=C(O)C(O)C(O)C(=O)O. The number of aliphatic hydroxyl groups is 4. The molecule has 1 saturated heterocycles. The van der Waals surface area contributed by atoms with Gasteiger partial charge in [0.25, 0.3) is 0 Å². The summed E-state index contributed by atoms with van der Waals surface area (Å²) in [6, 6.07) is 4.79. The number of carboxylic acids is 4. The largest absolute Gasteiger partial charge is 0.479 e. The molecule has 1 aromatic heterocycles. The average molecular weight is 498 g/mol. The fourth-order valence-corrected chi connectivity index (χ4v) is 2.44. The Kier molecular flexibility index (Phi) is 17.9. The van der Waals surface area contributed by atoms with Crippen LogP contribution in [0.2, 0.25) is 0 Å². The van der Waals surface area contributed by atoms with E-state index in [4.69, 9.17) is 40.9 Å². The minimum absolute atomic E-state index is 0. The Bertz CT molecular complexity index is 690. The Balaban J connectivity index is -0.000000416. The zero-order valence-electron chi connectivity index (χ0n) is 17.9. The first-order valence-corrected chi connectivity index (χ1v) is 9.04. The van der Waals surface area contributed by atoms with Crippen molar-refractivity contribution in [2.45, 2.75) is 43.3 Å². The highest BCUT2D eigenvalue weighted by molar-refractivity contribution is 5.83. The first-order valence-electron chi connectivity index (χ1n) is 9.04. The maximum Gasteiger partial charge on any atom is 0.335 e. The molecule has 1 aliphatic rings. The van der Waals surface area contributed by atoms with Crippen LogP contribution in [0.15, 0.2) is 24.5 Å². The van der Waals surface area contributed by atoms with Gasteiger partial charge < -0.3 is 51.8 Å². The smallest absolute Gasteiger partial charge is 0.335 e. The number of hydrogen-bond donors (Lipinski definition) is 8. The predicted molar refractivity (Wildman–Crippen MR) is 111 cm³/mol. The van der Waals surface area contributed by atoms with Crippen LogP contribution in [0.4, 0.5) is 0 Å². The van der Waals surface area contributed by atoms with Crippen LogP contribution >= 0.6 is 0 Å². The van der Waals surface area contributed by atoms with Gasteiger partial charge >= 0.3 is 23.9 Å². The second-order valence-corrected chi connectivity index (χ2v) is 6.56. The number of aliphatic carboxylic acids is 4. The Labute approximate surface area is 192 Å². The fourth-order valence-electron chi connectivity index (χ4n) is 2.44. The minimum atomic E-state index is -2.27. The summed E-state index contributed by atoms with van der Waals surface area (Å²) in [7, 11) is 2.19. The number of carbonyl (C=O) groups is 4. The highest BCUT2D eigenvalue weighted by Crippen LogP contribution is 2.29. The van der Waals surface area contributed by atoms with E-state index in [1.165, 1.54) is 24.9 Å². The van der Waals surface area contributed by atoms with Crippen LogP contribution in [0, 0.1) is 0 Å². The summed E-state index contributed by atoms with van der Waals surface area (Å²) < 4.78 is 0. The number of carboxylic acid groups (broad SMARTS) is 4. The summed E-state index contributed by atoms with van der Waals surface area (Å²) in [5.41, 5.74) is 1.36. The molecule has 2 heterocycles. The highest BCUT2D eigenvalue weighted by Gasteiger charge is 2.30. The number of aromatic nitrogens is 1. The number of aliphatic hydroxyl groups excluding tert-OH is 4. The Morgan fingerprint density at radius 3 is 1.47 bits per heavy atom. The third-order valence-corrected chi connectivity index (χ3v) is 4.20. The summed E-state index contributed by atoms with van der Waals surface area (Å²) in [6.07, 6.45) is -2.66. The molecule has 1 fully saturated rings. The van der Waals surface area contributed by atoms with Gasteiger partial charge in [-0.05, 0) is 38.1 Å². The van der Waals surface area contributed by atoms with Crippen molar-refractivity contribution in [3.8, 4) is 0 Å². The van der Waals surface area contributed by atoms with E-state index in [-0.39, 0.29) is 11.0 Å². The topological polar surface area (TPSA) is 309 Å². The molecule has 0 amide bonds. The van der Waals surface area contributed by atoms with Crippen molar-refractivity contribution >= 4 is 23.9 Å². The van der Waals surface area contributed by atoms with E-state index in [1.54, 1.807) is 0 Å². The Morgan fingerprint density at radius 1 is 0.853 bits per heavy atom. The summed E-state index contributed by atoms with van der Waals surface area (Å²) in [5, 5.41) is 65.1. The van der Waals surface area contributed by atoms with Crippen LogP contribution in [-0.4, -0.2) is 124 Å². The second-order valence-electron chi connectivity index (χ2n) is 6.56. The zero-order valence-corrected chi connectivity index (χ0v) is 17.9. The van der Waals surface area contributed by atoms with Crippen molar-refractivity contribution < 1.29 is 71.0 Å². The third kappa shape index (κ3) is 12.1. The molecule has 0 aliphatic carbocycles. The molecular weight excluding hydrogens is 468 g/mol. The van der Waals surface area contributed by atoms with Gasteiger partial charge in [-0.15, -0.1) is 0 Å². The molecule has 0 aromatic carbocycles. The second kappa shape index (κ2) is 17.3. The summed E-state index contributed by atoms with van der Waals surface area (Å²) in [5.74, 6) is -7.07. The van der Waals surface area contributed by atoms with E-state index in [1.807, 2.05) is 18.5 Å². The number of nitrogens with zero attached hydrogens (tertiary/aromatic N) is 2. The lowest BCUT2D eigenvalue weighted by Crippen LogP contribution is -2.39. The highest BCUT2D eigenvalue weighted by atomic mass is 16.4. The summed E-state index contributed by atoms with van der Waals surface area (Å²) >= 11 is 0. The van der Waals surface area contributed by atoms with Gasteiger partial charge in [-0.3, -0.25) is 9.88 Å². The standard InChI is InChI=1S/C10H14N2.2C4H6O6.2H2O/c1-12-7-3-5-10(12)9-4-2-6-11-8-9;2*5-1(3(7)8)2(6)4(9)10;;/h2,4,6,8,10H,3,5,7H2,1H3;2*1-2,5-6H,(H,7,8)(H,9,10);2*1H2/t10-;;;;/m0..../s1. The minimum Gasteiger partial charge on any atom is -0.479 e. The van der Waals surface area contributed by atoms with E-state index in [9.17, 15) is 19.2 Å². The maximum atomic E-state index is 9.77. The van der Waals surface area contributed by atoms with Crippen molar-refractivity contribution in [3.05, 3.63) is 30.1 Å². The molecule has 2 rings (SSSR count). The van der Waals surface area contributed by atoms with Crippen molar-refractivity contribution in [2.75, 3.05) is 13.6 Å². The van der Waals surface area contributed by atoms with Crippen LogP contribution in [0.25, 0.3) is 0 Å². The van der Waals surface area contributed by atoms with Gasteiger partial charge in [-0.25, -0.2) is 19.2 Å². The third-order valence-electron chi connectivity index (χ3n) is 4.20. The van der Waals surface area contributed by atoms with Crippen LogP contribution < -0.4 is 0 Å². The van der Waals surface area contributed by atoms with Crippen molar-refractivity contribution in [3.63, 3.8) is 0 Å². The molecule has 5 atom stereocenters. The number of rotatable bonds is 7. The molecule has 0 spiro atoms. The molecule has 4 unspecified atom stereocenters. The van der Waals surface area contributed by atoms with E-state index >= 15 is 0 Å². The lowest BCUT2D eigenvalue weighted by Gasteiger charge is -2.18. The predicted octanol–water partition coefficient (Wildman–Crippen LogP) is -4.05. The van der Waals surface area contributed by atoms with Gasteiger partial charge in [0.2, 0.25) is 0 Å². The quantitative estimate of drug-likeness (QED) is 0.177. The first kappa shape index (κ1) is 35.3. The molecule has 1 aliphatic heterocycles. The van der Waals surface area contributed by atoms with E-state index < -0.39 is 48.3 Å². The molecule has 16 heteroatoms. The molecular formula is C18H30N2O14. The van der Waals surface area contributed by atoms with Gasteiger partial charge in [0.05, 0.1) is 0 Å². The normalized spacial score (nSPS) is 18.0. The van der Waals surface area contributed by atoms with Crippen molar-refractivity contribution in [1.82, 2.24) is 9.88 Å². The number of likely N-dealkylation sites (tertiary alicyclic amines) is 1. The van der Waals surface area contributed by atoms with Gasteiger partial charge in [0, 0.05) is 18.4 Å². The monoisotopic (exact) mass is 498 g/mol. The molecule has 0 saturated carbocycles. The molecule has 34 heavy (non-hydrogen) atoms. The van der Waals surface area contributed by atoms with Crippen LogP contribution in [0.5, 0.6) is 0 Å².